The Balaban J connectivity index is 1.92. The van der Waals surface area contributed by atoms with Crippen molar-refractivity contribution in [2.75, 3.05) is 5.32 Å². The number of nitrogens with zero attached hydrogens (tertiary/aromatic N) is 1. The molecule has 1 aromatic heterocycles. The number of amides is 1. The SMILES string of the molecule is CC1CC1C(=O)Nc1cccc2cccnc12. The number of fused-ring (bicyclic) bond motifs is 1. The number of aromatic nitrogens is 1. The van der Waals surface area contributed by atoms with Gasteiger partial charge in [-0.15, -0.1) is 0 Å². The van der Waals surface area contributed by atoms with Crippen molar-refractivity contribution in [3.63, 3.8) is 0 Å². The van der Waals surface area contributed by atoms with Crippen LogP contribution in [0.2, 0.25) is 0 Å². The molecule has 17 heavy (non-hydrogen) atoms. The maximum absolute atomic E-state index is 11.9. The van der Waals surface area contributed by atoms with Crippen molar-refractivity contribution in [2.24, 2.45) is 11.8 Å². The number of hydrogen-bond donors (Lipinski definition) is 1. The fourth-order valence-corrected chi connectivity index (χ4v) is 2.12. The van der Waals surface area contributed by atoms with Gasteiger partial charge in [-0.25, -0.2) is 0 Å². The van der Waals surface area contributed by atoms with Crippen LogP contribution in [0.5, 0.6) is 0 Å². The first-order chi connectivity index (χ1) is 8.25. The predicted octanol–water partition coefficient (Wildman–Crippen LogP) is 2.83. The van der Waals surface area contributed by atoms with Crippen LogP contribution in [0.3, 0.4) is 0 Å². The summed E-state index contributed by atoms with van der Waals surface area (Å²) in [5.41, 5.74) is 1.67. The molecule has 1 N–H and O–H groups in total. The van der Waals surface area contributed by atoms with Crippen molar-refractivity contribution in [1.29, 1.82) is 0 Å². The highest BCUT2D eigenvalue weighted by molar-refractivity contribution is 6.01. The number of nitrogens with one attached hydrogen (secondary N) is 1. The van der Waals surface area contributed by atoms with E-state index in [1.54, 1.807) is 6.20 Å². The van der Waals surface area contributed by atoms with Gasteiger partial charge in [-0.2, -0.15) is 0 Å². The van der Waals surface area contributed by atoms with Crippen molar-refractivity contribution in [2.45, 2.75) is 13.3 Å². The Labute approximate surface area is 99.9 Å². The third-order valence-electron chi connectivity index (χ3n) is 3.34. The normalized spacial score (nSPS) is 22.4. The van der Waals surface area contributed by atoms with Gasteiger partial charge in [0.15, 0.2) is 0 Å². The minimum atomic E-state index is 0.121. The average molecular weight is 226 g/mol. The highest BCUT2D eigenvalue weighted by Gasteiger charge is 2.39. The molecule has 2 unspecified atom stereocenters. The fourth-order valence-electron chi connectivity index (χ4n) is 2.12. The van der Waals surface area contributed by atoms with E-state index in [0.29, 0.717) is 5.92 Å². The van der Waals surface area contributed by atoms with Crippen LogP contribution in [-0.4, -0.2) is 10.9 Å². The van der Waals surface area contributed by atoms with Crippen molar-refractivity contribution >= 4 is 22.5 Å². The number of carbonyl (C=O) groups excluding carboxylic acids is 1. The Hall–Kier alpha value is -1.90. The molecule has 1 fully saturated rings. The molecule has 1 heterocycles. The molecule has 2 atom stereocenters. The van der Waals surface area contributed by atoms with E-state index in [9.17, 15) is 4.79 Å². The summed E-state index contributed by atoms with van der Waals surface area (Å²) < 4.78 is 0. The lowest BCUT2D eigenvalue weighted by atomic mass is 10.2. The van der Waals surface area contributed by atoms with Crippen LogP contribution in [0.1, 0.15) is 13.3 Å². The van der Waals surface area contributed by atoms with Crippen LogP contribution in [0.25, 0.3) is 10.9 Å². The molecule has 1 saturated carbocycles. The Bertz CT molecular complexity index is 574. The first-order valence-electron chi connectivity index (χ1n) is 5.90. The summed E-state index contributed by atoms with van der Waals surface area (Å²) in [5.74, 6) is 0.836. The van der Waals surface area contributed by atoms with Gasteiger partial charge < -0.3 is 5.32 Å². The molecular formula is C14H14N2O. The van der Waals surface area contributed by atoms with Gasteiger partial charge in [-0.1, -0.05) is 25.1 Å². The van der Waals surface area contributed by atoms with Crippen LogP contribution in [0.15, 0.2) is 36.5 Å². The summed E-state index contributed by atoms with van der Waals surface area (Å²) in [6.45, 7) is 2.10. The van der Waals surface area contributed by atoms with Gasteiger partial charge in [-0.3, -0.25) is 9.78 Å². The van der Waals surface area contributed by atoms with E-state index >= 15 is 0 Å². The first kappa shape index (κ1) is 10.3. The summed E-state index contributed by atoms with van der Waals surface area (Å²) in [4.78, 5) is 16.2. The predicted molar refractivity (Wildman–Crippen MR) is 67.6 cm³/mol. The monoisotopic (exact) mass is 226 g/mol. The summed E-state index contributed by atoms with van der Waals surface area (Å²) in [7, 11) is 0. The van der Waals surface area contributed by atoms with Crippen LogP contribution < -0.4 is 5.32 Å². The van der Waals surface area contributed by atoms with E-state index in [1.165, 1.54) is 0 Å². The van der Waals surface area contributed by atoms with Gasteiger partial charge in [0.2, 0.25) is 5.91 Å². The van der Waals surface area contributed by atoms with E-state index in [0.717, 1.165) is 23.0 Å². The number of anilines is 1. The number of benzene rings is 1. The molecule has 2 aromatic rings. The number of pyridine rings is 1. The second-order valence-electron chi connectivity index (χ2n) is 4.69. The lowest BCUT2D eigenvalue weighted by molar-refractivity contribution is -0.117. The van der Waals surface area contributed by atoms with E-state index in [4.69, 9.17) is 0 Å². The number of para-hydroxylation sites is 1. The topological polar surface area (TPSA) is 42.0 Å². The van der Waals surface area contributed by atoms with E-state index < -0.39 is 0 Å². The van der Waals surface area contributed by atoms with E-state index in [-0.39, 0.29) is 11.8 Å². The van der Waals surface area contributed by atoms with Gasteiger partial charge in [0.1, 0.15) is 0 Å². The fraction of sp³-hybridized carbons (Fsp3) is 0.286. The molecule has 1 aliphatic rings. The Kier molecular flexibility index (Phi) is 2.32. The Morgan fingerprint density at radius 3 is 2.88 bits per heavy atom. The van der Waals surface area contributed by atoms with Crippen molar-refractivity contribution in [3.8, 4) is 0 Å². The minimum Gasteiger partial charge on any atom is -0.324 e. The summed E-state index contributed by atoms with van der Waals surface area (Å²) in [6, 6.07) is 9.74. The maximum atomic E-state index is 11.9. The zero-order valence-electron chi connectivity index (χ0n) is 9.68. The van der Waals surface area contributed by atoms with Gasteiger partial charge in [0.25, 0.3) is 0 Å². The molecular weight excluding hydrogens is 212 g/mol. The Morgan fingerprint density at radius 2 is 2.12 bits per heavy atom. The molecule has 3 heteroatoms. The summed E-state index contributed by atoms with van der Waals surface area (Å²) >= 11 is 0. The average Bonchev–Trinajstić information content (AvgIpc) is 3.07. The number of hydrogen-bond acceptors (Lipinski definition) is 2. The van der Waals surface area contributed by atoms with Crippen molar-refractivity contribution in [3.05, 3.63) is 36.5 Å². The largest absolute Gasteiger partial charge is 0.324 e. The molecule has 86 valence electrons. The molecule has 1 aliphatic carbocycles. The second-order valence-corrected chi connectivity index (χ2v) is 4.69. The molecule has 1 aromatic carbocycles. The zero-order chi connectivity index (χ0) is 11.8. The lowest BCUT2D eigenvalue weighted by Gasteiger charge is -2.07. The zero-order valence-corrected chi connectivity index (χ0v) is 9.68. The minimum absolute atomic E-state index is 0.121. The van der Waals surface area contributed by atoms with Gasteiger partial charge in [0.05, 0.1) is 11.2 Å². The van der Waals surface area contributed by atoms with Crippen molar-refractivity contribution < 1.29 is 4.79 Å². The highest BCUT2D eigenvalue weighted by Crippen LogP contribution is 2.38. The summed E-state index contributed by atoms with van der Waals surface area (Å²) in [5, 5.41) is 4.03. The molecule has 3 rings (SSSR count). The summed E-state index contributed by atoms with van der Waals surface area (Å²) in [6.07, 6.45) is 2.75. The van der Waals surface area contributed by atoms with Crippen molar-refractivity contribution in [1.82, 2.24) is 4.98 Å². The highest BCUT2D eigenvalue weighted by atomic mass is 16.2. The molecule has 0 spiro atoms. The number of rotatable bonds is 2. The lowest BCUT2D eigenvalue weighted by Crippen LogP contribution is -2.14. The van der Waals surface area contributed by atoms with Crippen LogP contribution in [-0.2, 0) is 4.79 Å². The molecule has 0 saturated heterocycles. The molecule has 3 nitrogen and oxygen atoms in total. The van der Waals surface area contributed by atoms with Crippen LogP contribution >= 0.6 is 0 Å². The molecule has 0 radical (unpaired) electrons. The first-order valence-corrected chi connectivity index (χ1v) is 5.90. The van der Waals surface area contributed by atoms with Crippen LogP contribution in [0, 0.1) is 11.8 Å². The van der Waals surface area contributed by atoms with Gasteiger partial charge in [-0.05, 0) is 24.5 Å². The third kappa shape index (κ3) is 1.88. The standard InChI is InChI=1S/C14H14N2O/c1-9-8-11(9)14(17)16-12-6-2-4-10-5-3-7-15-13(10)12/h2-7,9,11H,8H2,1H3,(H,16,17). The molecule has 0 aliphatic heterocycles. The maximum Gasteiger partial charge on any atom is 0.227 e. The quantitative estimate of drug-likeness (QED) is 0.855. The molecule has 1 amide bonds. The molecule has 0 bridgehead atoms. The second kappa shape index (κ2) is 3.84. The Morgan fingerprint density at radius 1 is 1.35 bits per heavy atom. The van der Waals surface area contributed by atoms with Gasteiger partial charge >= 0.3 is 0 Å². The van der Waals surface area contributed by atoms with Crippen LogP contribution in [0.4, 0.5) is 5.69 Å². The van der Waals surface area contributed by atoms with E-state index in [2.05, 4.69) is 17.2 Å². The van der Waals surface area contributed by atoms with Gasteiger partial charge in [0, 0.05) is 17.5 Å². The number of carbonyl (C=O) groups is 1. The third-order valence-corrected chi connectivity index (χ3v) is 3.34. The smallest absolute Gasteiger partial charge is 0.227 e. The van der Waals surface area contributed by atoms with E-state index in [1.807, 2.05) is 30.3 Å².